The van der Waals surface area contributed by atoms with Gasteiger partial charge in [-0.15, -0.1) is 0 Å². The molecule has 0 unspecified atom stereocenters. The Morgan fingerprint density at radius 3 is 2.22 bits per heavy atom. The lowest BCUT2D eigenvalue weighted by Crippen LogP contribution is -2.39. The van der Waals surface area contributed by atoms with Crippen LogP contribution in [0.2, 0.25) is 5.02 Å². The highest BCUT2D eigenvalue weighted by Gasteiger charge is 2.24. The van der Waals surface area contributed by atoms with E-state index in [0.29, 0.717) is 27.8 Å². The van der Waals surface area contributed by atoms with E-state index in [0.717, 1.165) is 4.57 Å². The Bertz CT molecular complexity index is 1850. The summed E-state index contributed by atoms with van der Waals surface area (Å²) in [5.74, 6) is 0.411. The van der Waals surface area contributed by atoms with E-state index in [1.165, 1.54) is 23.7 Å². The zero-order valence-electron chi connectivity index (χ0n) is 19.2. The highest BCUT2D eigenvalue weighted by Crippen LogP contribution is 2.27. The van der Waals surface area contributed by atoms with Crippen LogP contribution in [-0.2, 0) is 30.7 Å². The molecule has 0 spiro atoms. The van der Waals surface area contributed by atoms with Crippen molar-refractivity contribution in [2.45, 2.75) is 11.4 Å². The van der Waals surface area contributed by atoms with Crippen LogP contribution in [0.1, 0.15) is 5.56 Å². The summed E-state index contributed by atoms with van der Waals surface area (Å²) in [7, 11) is -0.715. The quantitative estimate of drug-likeness (QED) is 0.370. The van der Waals surface area contributed by atoms with Crippen LogP contribution in [0.5, 0.6) is 0 Å². The smallest absolute Gasteiger partial charge is 0.285 e. The number of imidazole rings is 1. The lowest BCUT2D eigenvalue weighted by Gasteiger charge is -2.12. The molecule has 2 aromatic carbocycles. The second kappa shape index (κ2) is 8.59. The van der Waals surface area contributed by atoms with E-state index < -0.39 is 21.3 Å². The number of nitrogens with zero attached hydrogens (tertiary/aromatic N) is 6. The van der Waals surface area contributed by atoms with E-state index >= 15 is 0 Å². The highest BCUT2D eigenvalue weighted by molar-refractivity contribution is 7.89. The summed E-state index contributed by atoms with van der Waals surface area (Å²) in [6.07, 6.45) is 1.61. The molecule has 0 aliphatic rings. The van der Waals surface area contributed by atoms with Crippen molar-refractivity contribution in [3.63, 3.8) is 0 Å². The molecule has 184 valence electrons. The largest absolute Gasteiger partial charge is 0.332 e. The number of benzene rings is 2. The van der Waals surface area contributed by atoms with Gasteiger partial charge in [-0.2, -0.15) is 5.10 Å². The Kier molecular flexibility index (Phi) is 5.66. The van der Waals surface area contributed by atoms with Crippen LogP contribution in [0.25, 0.3) is 28.4 Å². The zero-order valence-corrected chi connectivity index (χ0v) is 20.7. The number of nitrogens with two attached hydrogens (primary N) is 1. The van der Waals surface area contributed by atoms with Gasteiger partial charge in [0, 0.05) is 31.0 Å². The minimum absolute atomic E-state index is 0.0385. The molecule has 36 heavy (non-hydrogen) atoms. The summed E-state index contributed by atoms with van der Waals surface area (Å²) in [6, 6.07) is 14.5. The summed E-state index contributed by atoms with van der Waals surface area (Å²) >= 11 is 6.09. The van der Waals surface area contributed by atoms with Crippen molar-refractivity contribution >= 4 is 32.8 Å². The van der Waals surface area contributed by atoms with Gasteiger partial charge in [-0.1, -0.05) is 23.7 Å². The first kappa shape index (κ1) is 23.7. The molecule has 0 aliphatic carbocycles. The first-order valence-electron chi connectivity index (χ1n) is 10.6. The maximum absolute atomic E-state index is 13.4. The van der Waals surface area contributed by atoms with E-state index in [4.69, 9.17) is 21.7 Å². The zero-order chi connectivity index (χ0) is 25.8. The second-order valence-electron chi connectivity index (χ2n) is 8.18. The fourth-order valence-electron chi connectivity index (χ4n) is 4.02. The number of sulfonamides is 1. The number of aryl methyl sites for hydroxylation is 1. The molecule has 0 radical (unpaired) electrons. The molecular weight excluding hydrogens is 506 g/mol. The van der Waals surface area contributed by atoms with Crippen LogP contribution in [0.3, 0.4) is 0 Å². The third kappa shape index (κ3) is 3.94. The van der Waals surface area contributed by atoms with E-state index in [9.17, 15) is 18.0 Å². The van der Waals surface area contributed by atoms with Gasteiger partial charge in [-0.05, 0) is 48.0 Å². The van der Waals surface area contributed by atoms with Gasteiger partial charge in [0.25, 0.3) is 5.56 Å². The average Bonchev–Trinajstić information content (AvgIpc) is 3.44. The van der Waals surface area contributed by atoms with Crippen molar-refractivity contribution in [2.24, 2.45) is 19.2 Å². The maximum atomic E-state index is 13.4. The predicted molar refractivity (Wildman–Crippen MR) is 135 cm³/mol. The molecule has 0 fully saturated rings. The molecule has 3 aromatic heterocycles. The Hall–Kier alpha value is -4.00. The molecule has 0 atom stereocenters. The lowest BCUT2D eigenvalue weighted by molar-refractivity contribution is 0.597. The van der Waals surface area contributed by atoms with Gasteiger partial charge in [0.1, 0.15) is 5.69 Å². The number of halogens is 1. The molecule has 5 aromatic rings. The standard InChI is InChI=1S/C23H20ClN7O4S/c1-28-22(32)19-21(30(23(28)33)13-14-3-9-17(10-4-14)36(25,34)35)27-20(18-11-12-26-29(18)2)31(19)16-7-5-15(24)6-8-16/h3-12H,13H2,1-2H3,(H2,25,34,35). The molecule has 3 heterocycles. The number of rotatable bonds is 5. The van der Waals surface area contributed by atoms with Gasteiger partial charge in [0.05, 0.1) is 11.4 Å². The number of primary sulfonamides is 1. The lowest BCUT2D eigenvalue weighted by atomic mass is 10.2. The maximum Gasteiger partial charge on any atom is 0.332 e. The Morgan fingerprint density at radius 1 is 0.972 bits per heavy atom. The van der Waals surface area contributed by atoms with Gasteiger partial charge in [-0.3, -0.25) is 23.2 Å². The molecule has 0 bridgehead atoms. The number of fused-ring (bicyclic) bond motifs is 1. The molecule has 2 N–H and O–H groups in total. The van der Waals surface area contributed by atoms with E-state index in [-0.39, 0.29) is 22.6 Å². The number of hydrogen-bond donors (Lipinski definition) is 1. The van der Waals surface area contributed by atoms with E-state index in [1.807, 2.05) is 0 Å². The third-order valence-electron chi connectivity index (χ3n) is 5.87. The monoisotopic (exact) mass is 525 g/mol. The first-order chi connectivity index (χ1) is 17.1. The summed E-state index contributed by atoms with van der Waals surface area (Å²) < 4.78 is 28.9. The van der Waals surface area contributed by atoms with Gasteiger partial charge in [-0.25, -0.2) is 23.3 Å². The average molecular weight is 526 g/mol. The topological polar surface area (TPSA) is 140 Å². The summed E-state index contributed by atoms with van der Waals surface area (Å²) in [4.78, 5) is 31.3. The molecule has 13 heteroatoms. The molecular formula is C23H20ClN7O4S. The van der Waals surface area contributed by atoms with Crippen molar-refractivity contribution in [1.82, 2.24) is 28.5 Å². The molecule has 0 saturated carbocycles. The first-order valence-corrected chi connectivity index (χ1v) is 12.6. The van der Waals surface area contributed by atoms with Crippen LogP contribution >= 0.6 is 11.6 Å². The van der Waals surface area contributed by atoms with Crippen LogP contribution < -0.4 is 16.4 Å². The molecule has 11 nitrogen and oxygen atoms in total. The minimum atomic E-state index is -3.86. The van der Waals surface area contributed by atoms with Crippen molar-refractivity contribution < 1.29 is 8.42 Å². The van der Waals surface area contributed by atoms with Crippen molar-refractivity contribution in [3.8, 4) is 17.2 Å². The molecule has 0 amide bonds. The van der Waals surface area contributed by atoms with Crippen molar-refractivity contribution in [2.75, 3.05) is 0 Å². The summed E-state index contributed by atoms with van der Waals surface area (Å²) in [5.41, 5.74) is 1.14. The number of hydrogen-bond acceptors (Lipinski definition) is 6. The molecule has 5 rings (SSSR count). The van der Waals surface area contributed by atoms with E-state index in [1.54, 1.807) is 65.0 Å². The SMILES string of the molecule is Cn1nccc1-c1nc2c(c(=O)n(C)c(=O)n2Cc2ccc(S(N)(=O)=O)cc2)n1-c1ccc(Cl)cc1. The van der Waals surface area contributed by atoms with Crippen LogP contribution in [-0.4, -0.2) is 36.9 Å². The second-order valence-corrected chi connectivity index (χ2v) is 10.2. The van der Waals surface area contributed by atoms with E-state index in [2.05, 4.69) is 5.10 Å². The van der Waals surface area contributed by atoms with Gasteiger partial charge < -0.3 is 0 Å². The van der Waals surface area contributed by atoms with Crippen LogP contribution in [0, 0.1) is 0 Å². The summed E-state index contributed by atoms with van der Waals surface area (Å²) in [6.45, 7) is 0.0385. The van der Waals surface area contributed by atoms with Crippen LogP contribution in [0.15, 0.2) is 75.3 Å². The Labute approximate surface area is 209 Å². The number of aromatic nitrogens is 6. The Morgan fingerprint density at radius 2 is 1.64 bits per heavy atom. The minimum Gasteiger partial charge on any atom is -0.285 e. The highest BCUT2D eigenvalue weighted by atomic mass is 35.5. The summed E-state index contributed by atoms with van der Waals surface area (Å²) in [5, 5.41) is 9.93. The Balaban J connectivity index is 1.81. The van der Waals surface area contributed by atoms with Crippen molar-refractivity contribution in [3.05, 3.63) is 92.2 Å². The predicted octanol–water partition coefficient (Wildman–Crippen LogP) is 1.64. The normalized spacial score (nSPS) is 11.9. The molecule has 0 saturated heterocycles. The van der Waals surface area contributed by atoms with Crippen LogP contribution in [0.4, 0.5) is 0 Å². The fraction of sp³-hybridized carbons (Fsp3) is 0.130. The molecule has 0 aliphatic heterocycles. The van der Waals surface area contributed by atoms with Gasteiger partial charge in [0.2, 0.25) is 10.0 Å². The third-order valence-corrected chi connectivity index (χ3v) is 7.05. The fourth-order valence-corrected chi connectivity index (χ4v) is 4.66. The van der Waals surface area contributed by atoms with Gasteiger partial charge in [0.15, 0.2) is 17.0 Å². The van der Waals surface area contributed by atoms with Gasteiger partial charge >= 0.3 is 5.69 Å². The van der Waals surface area contributed by atoms with Crippen molar-refractivity contribution in [1.29, 1.82) is 0 Å².